The molecule has 1 amide bonds. The lowest BCUT2D eigenvalue weighted by atomic mass is 9.76. The first kappa shape index (κ1) is 10.9. The molecule has 2 rings (SSSR count). The van der Waals surface area contributed by atoms with Crippen molar-refractivity contribution in [1.29, 1.82) is 0 Å². The predicted molar refractivity (Wildman–Crippen MR) is 58.2 cm³/mol. The molecule has 1 N–H and O–H groups in total. The number of allylic oxidation sites excluding steroid dienone is 2. The van der Waals surface area contributed by atoms with Crippen LogP contribution in [0, 0.1) is 11.3 Å². The molecule has 4 heteroatoms. The van der Waals surface area contributed by atoms with E-state index in [0.29, 0.717) is 12.0 Å². The van der Waals surface area contributed by atoms with Crippen molar-refractivity contribution in [3.05, 3.63) is 23.4 Å². The number of carbonyl (C=O) groups is 2. The van der Waals surface area contributed by atoms with Crippen molar-refractivity contribution in [3.8, 4) is 0 Å². The van der Waals surface area contributed by atoms with Gasteiger partial charge < -0.3 is 10.1 Å². The quantitative estimate of drug-likeness (QED) is 0.676. The van der Waals surface area contributed by atoms with E-state index >= 15 is 0 Å². The van der Waals surface area contributed by atoms with Crippen LogP contribution in [0.2, 0.25) is 0 Å². The average molecular weight is 221 g/mol. The Hall–Kier alpha value is -1.58. The van der Waals surface area contributed by atoms with Gasteiger partial charge in [-0.2, -0.15) is 0 Å². The molecule has 0 spiro atoms. The van der Waals surface area contributed by atoms with Crippen LogP contribution in [0.3, 0.4) is 0 Å². The van der Waals surface area contributed by atoms with Crippen LogP contribution in [0.15, 0.2) is 23.4 Å². The third-order valence-corrected chi connectivity index (χ3v) is 3.40. The van der Waals surface area contributed by atoms with E-state index in [9.17, 15) is 9.59 Å². The fourth-order valence-electron chi connectivity index (χ4n) is 2.22. The molecule has 1 atom stereocenters. The molecule has 0 saturated carbocycles. The summed E-state index contributed by atoms with van der Waals surface area (Å²) in [6, 6.07) is 0. The lowest BCUT2D eigenvalue weighted by Gasteiger charge is -2.24. The van der Waals surface area contributed by atoms with E-state index in [4.69, 9.17) is 0 Å². The van der Waals surface area contributed by atoms with E-state index in [0.717, 1.165) is 5.70 Å². The molecule has 86 valence electrons. The van der Waals surface area contributed by atoms with Crippen LogP contribution in [0.4, 0.5) is 0 Å². The largest absolute Gasteiger partial charge is 0.465 e. The maximum absolute atomic E-state index is 11.7. The van der Waals surface area contributed by atoms with E-state index in [-0.39, 0.29) is 17.8 Å². The zero-order valence-corrected chi connectivity index (χ0v) is 9.66. The summed E-state index contributed by atoms with van der Waals surface area (Å²) >= 11 is 0. The number of rotatable bonds is 1. The molecule has 0 aromatic rings. The Bertz CT molecular complexity index is 418. The highest BCUT2D eigenvalue weighted by atomic mass is 16.5. The van der Waals surface area contributed by atoms with Gasteiger partial charge in [-0.3, -0.25) is 4.79 Å². The lowest BCUT2D eigenvalue weighted by Crippen LogP contribution is -2.28. The number of esters is 1. The highest BCUT2D eigenvalue weighted by Crippen LogP contribution is 2.42. The Balaban J connectivity index is 2.29. The van der Waals surface area contributed by atoms with Crippen molar-refractivity contribution in [2.45, 2.75) is 20.3 Å². The standard InChI is InChI=1S/C12H15NO3/c1-12(2)8-5-4-7(10(14)16-3)6-9(8)13-11(12)15/h4,6,8H,5H2,1-3H3,(H,13,15). The van der Waals surface area contributed by atoms with Gasteiger partial charge in [0, 0.05) is 11.6 Å². The number of fused-ring (bicyclic) bond motifs is 1. The van der Waals surface area contributed by atoms with E-state index in [1.54, 1.807) is 6.08 Å². The minimum Gasteiger partial charge on any atom is -0.465 e. The van der Waals surface area contributed by atoms with Crippen LogP contribution >= 0.6 is 0 Å². The van der Waals surface area contributed by atoms with E-state index < -0.39 is 5.41 Å². The molecule has 1 aliphatic heterocycles. The number of carbonyl (C=O) groups excluding carboxylic acids is 2. The minimum atomic E-state index is -0.399. The molecule has 2 aliphatic rings. The van der Waals surface area contributed by atoms with Gasteiger partial charge in [0.05, 0.1) is 18.1 Å². The average Bonchev–Trinajstić information content (AvgIpc) is 2.48. The van der Waals surface area contributed by atoms with Crippen LogP contribution in [0.1, 0.15) is 20.3 Å². The summed E-state index contributed by atoms with van der Waals surface area (Å²) in [7, 11) is 1.35. The zero-order chi connectivity index (χ0) is 11.9. The second-order valence-electron chi connectivity index (χ2n) is 4.71. The molecule has 1 unspecified atom stereocenters. The minimum absolute atomic E-state index is 0.0169. The first-order valence-corrected chi connectivity index (χ1v) is 5.28. The fraction of sp³-hybridized carbons (Fsp3) is 0.500. The molecule has 4 nitrogen and oxygen atoms in total. The van der Waals surface area contributed by atoms with Crippen molar-refractivity contribution in [2.75, 3.05) is 7.11 Å². The Morgan fingerprint density at radius 1 is 1.56 bits per heavy atom. The zero-order valence-electron chi connectivity index (χ0n) is 9.66. The van der Waals surface area contributed by atoms with Crippen LogP contribution in [0.5, 0.6) is 0 Å². The number of hydrogen-bond donors (Lipinski definition) is 1. The third kappa shape index (κ3) is 1.45. The van der Waals surface area contributed by atoms with E-state index in [1.165, 1.54) is 7.11 Å². The lowest BCUT2D eigenvalue weighted by molar-refractivity contribution is -0.135. The van der Waals surface area contributed by atoms with Gasteiger partial charge in [-0.05, 0) is 12.5 Å². The van der Waals surface area contributed by atoms with Crippen molar-refractivity contribution in [1.82, 2.24) is 5.32 Å². The Labute approximate surface area is 94.3 Å². The maximum Gasteiger partial charge on any atom is 0.337 e. The molecule has 0 aromatic heterocycles. The number of hydrogen-bond acceptors (Lipinski definition) is 3. The van der Waals surface area contributed by atoms with Crippen LogP contribution in [-0.2, 0) is 14.3 Å². The van der Waals surface area contributed by atoms with Gasteiger partial charge in [-0.25, -0.2) is 4.79 Å². The highest BCUT2D eigenvalue weighted by molar-refractivity contribution is 5.94. The van der Waals surface area contributed by atoms with E-state index in [2.05, 4.69) is 10.1 Å². The van der Waals surface area contributed by atoms with Crippen LogP contribution in [-0.4, -0.2) is 19.0 Å². The molecular weight excluding hydrogens is 206 g/mol. The normalized spacial score (nSPS) is 26.4. The number of nitrogens with one attached hydrogen (secondary N) is 1. The molecule has 1 fully saturated rings. The molecule has 0 aromatic carbocycles. The van der Waals surface area contributed by atoms with Crippen molar-refractivity contribution < 1.29 is 14.3 Å². The molecule has 1 heterocycles. The molecule has 16 heavy (non-hydrogen) atoms. The van der Waals surface area contributed by atoms with Gasteiger partial charge >= 0.3 is 5.97 Å². The van der Waals surface area contributed by atoms with Crippen LogP contribution in [0.25, 0.3) is 0 Å². The number of ether oxygens (including phenoxy) is 1. The highest BCUT2D eigenvalue weighted by Gasteiger charge is 2.46. The fourth-order valence-corrected chi connectivity index (χ4v) is 2.22. The van der Waals surface area contributed by atoms with Crippen molar-refractivity contribution >= 4 is 11.9 Å². The topological polar surface area (TPSA) is 55.4 Å². The summed E-state index contributed by atoms with van der Waals surface area (Å²) in [5.74, 6) is -0.193. The number of amides is 1. The molecule has 1 saturated heterocycles. The summed E-state index contributed by atoms with van der Waals surface area (Å²) in [6.45, 7) is 3.84. The summed E-state index contributed by atoms with van der Waals surface area (Å²) in [5.41, 5.74) is 0.953. The van der Waals surface area contributed by atoms with Gasteiger partial charge in [0.1, 0.15) is 0 Å². The second kappa shape index (κ2) is 3.47. The van der Waals surface area contributed by atoms with Gasteiger partial charge in [0.15, 0.2) is 0 Å². The Kier molecular flexibility index (Phi) is 2.37. The predicted octanol–water partition coefficient (Wildman–Crippen LogP) is 1.15. The first-order valence-electron chi connectivity index (χ1n) is 5.28. The molecule has 0 radical (unpaired) electrons. The van der Waals surface area contributed by atoms with Crippen molar-refractivity contribution in [3.63, 3.8) is 0 Å². The van der Waals surface area contributed by atoms with Gasteiger partial charge in [0.2, 0.25) is 5.91 Å². The molecule has 1 aliphatic carbocycles. The first-order chi connectivity index (χ1) is 7.46. The third-order valence-electron chi connectivity index (χ3n) is 3.40. The monoisotopic (exact) mass is 221 g/mol. The molecular formula is C12H15NO3. The van der Waals surface area contributed by atoms with Gasteiger partial charge in [-0.1, -0.05) is 19.9 Å². The second-order valence-corrected chi connectivity index (χ2v) is 4.71. The summed E-state index contributed by atoms with van der Waals surface area (Å²) < 4.78 is 4.65. The van der Waals surface area contributed by atoms with Gasteiger partial charge in [-0.15, -0.1) is 0 Å². The maximum atomic E-state index is 11.7. The van der Waals surface area contributed by atoms with Gasteiger partial charge in [0.25, 0.3) is 0 Å². The van der Waals surface area contributed by atoms with Crippen LogP contribution < -0.4 is 5.32 Å². The van der Waals surface area contributed by atoms with Crippen molar-refractivity contribution in [2.24, 2.45) is 11.3 Å². The Morgan fingerprint density at radius 3 is 2.88 bits per heavy atom. The summed E-state index contributed by atoms with van der Waals surface area (Å²) in [5, 5.41) is 2.83. The number of methoxy groups -OCH3 is 1. The smallest absolute Gasteiger partial charge is 0.337 e. The molecule has 0 bridgehead atoms. The Morgan fingerprint density at radius 2 is 2.25 bits per heavy atom. The summed E-state index contributed by atoms with van der Waals surface area (Å²) in [6.07, 6.45) is 4.25. The SMILES string of the molecule is COC(=O)C1=CCC2C(=C1)NC(=O)C2(C)C. The summed E-state index contributed by atoms with van der Waals surface area (Å²) in [4.78, 5) is 23.1. The van der Waals surface area contributed by atoms with E-state index in [1.807, 2.05) is 19.9 Å².